The molecule has 3 rings (SSSR count). The number of nitrogens with zero attached hydrogens (tertiary/aromatic N) is 1. The Morgan fingerprint density at radius 3 is 2.56 bits per heavy atom. The van der Waals surface area contributed by atoms with Crippen LogP contribution in [0.4, 0.5) is 5.69 Å². The van der Waals surface area contributed by atoms with Crippen LogP contribution in [0.5, 0.6) is 0 Å². The van der Waals surface area contributed by atoms with E-state index in [9.17, 15) is 13.2 Å². The van der Waals surface area contributed by atoms with E-state index in [4.69, 9.17) is 0 Å². The number of likely N-dealkylation sites (N-methyl/N-ethyl adjacent to an activating group) is 1. The minimum absolute atomic E-state index is 0.204. The van der Waals surface area contributed by atoms with Gasteiger partial charge in [-0.25, -0.2) is 8.42 Å². The van der Waals surface area contributed by atoms with Crippen molar-refractivity contribution in [3.8, 4) is 0 Å². The van der Waals surface area contributed by atoms with Crippen molar-refractivity contribution in [1.82, 2.24) is 4.31 Å². The third-order valence-corrected chi connectivity index (χ3v) is 7.35. The summed E-state index contributed by atoms with van der Waals surface area (Å²) in [5.41, 5.74) is 0.684. The third-order valence-electron chi connectivity index (χ3n) is 4.40. The highest BCUT2D eigenvalue weighted by atomic mass is 32.2. The number of para-hydroxylation sites is 1. The highest BCUT2D eigenvalue weighted by Gasteiger charge is 2.31. The molecule has 8 heteroatoms. The molecule has 1 saturated heterocycles. The summed E-state index contributed by atoms with van der Waals surface area (Å²) in [5.74, 6) is -0.294. The molecule has 134 valence electrons. The van der Waals surface area contributed by atoms with Gasteiger partial charge in [-0.3, -0.25) is 4.79 Å². The predicted molar refractivity (Wildman–Crippen MR) is 98.7 cm³/mol. The Labute approximate surface area is 152 Å². The van der Waals surface area contributed by atoms with Gasteiger partial charge in [0.15, 0.2) is 0 Å². The fourth-order valence-electron chi connectivity index (χ4n) is 2.83. The van der Waals surface area contributed by atoms with E-state index in [1.54, 1.807) is 17.5 Å². The Balaban J connectivity index is 1.71. The van der Waals surface area contributed by atoms with Gasteiger partial charge >= 0.3 is 0 Å². The number of sulfonamides is 1. The van der Waals surface area contributed by atoms with Gasteiger partial charge in [-0.1, -0.05) is 18.2 Å². The van der Waals surface area contributed by atoms with Crippen molar-refractivity contribution in [2.24, 2.45) is 0 Å². The maximum absolute atomic E-state index is 12.8. The molecule has 6 nitrogen and oxygen atoms in total. The molecular formula is C17H22N3O3S2+. The molecule has 0 unspecified atom stereocenters. The zero-order chi connectivity index (χ0) is 17.9. The summed E-state index contributed by atoms with van der Waals surface area (Å²) in [6, 6.07) is 10.6. The quantitative estimate of drug-likeness (QED) is 0.810. The number of hydrogen-bond donors (Lipinski definition) is 2. The molecule has 1 aliphatic heterocycles. The van der Waals surface area contributed by atoms with Gasteiger partial charge in [-0.15, -0.1) is 11.3 Å². The third kappa shape index (κ3) is 4.09. The van der Waals surface area contributed by atoms with Crippen molar-refractivity contribution in [2.45, 2.75) is 11.8 Å². The number of carbonyl (C=O) groups excluding carboxylic acids is 1. The number of thiophene rings is 1. The fraction of sp³-hybridized carbons (Fsp3) is 0.353. The number of quaternary nitrogens is 1. The molecule has 2 N–H and O–H groups in total. The predicted octanol–water partition coefficient (Wildman–Crippen LogP) is 0.909. The molecule has 0 radical (unpaired) electrons. The molecule has 0 aliphatic carbocycles. The van der Waals surface area contributed by atoms with Crippen LogP contribution in [0.15, 0.2) is 46.7 Å². The molecule has 1 aromatic carbocycles. The van der Waals surface area contributed by atoms with Gasteiger partial charge in [0.25, 0.3) is 5.91 Å². The SMILES string of the molecule is CC[NH+]1CCN(S(=O)(=O)c2csc(C(=O)Nc3ccccc3)c2)CC1. The van der Waals surface area contributed by atoms with Crippen molar-refractivity contribution >= 4 is 33.0 Å². The first-order valence-electron chi connectivity index (χ1n) is 8.29. The number of amides is 1. The van der Waals surface area contributed by atoms with Gasteiger partial charge in [-0.2, -0.15) is 4.31 Å². The monoisotopic (exact) mass is 380 g/mol. The zero-order valence-corrected chi connectivity index (χ0v) is 15.7. The molecule has 0 spiro atoms. The maximum Gasteiger partial charge on any atom is 0.265 e. The van der Waals surface area contributed by atoms with E-state index in [1.165, 1.54) is 15.3 Å². The van der Waals surface area contributed by atoms with Crippen LogP contribution in [0.3, 0.4) is 0 Å². The Hall–Kier alpha value is -1.74. The van der Waals surface area contributed by atoms with Gasteiger partial charge in [-0.05, 0) is 25.1 Å². The summed E-state index contributed by atoms with van der Waals surface area (Å²) in [4.78, 5) is 14.3. The average molecular weight is 381 g/mol. The number of piperazine rings is 1. The van der Waals surface area contributed by atoms with Crippen LogP contribution in [0, 0.1) is 0 Å². The van der Waals surface area contributed by atoms with E-state index < -0.39 is 10.0 Å². The van der Waals surface area contributed by atoms with Crippen LogP contribution < -0.4 is 10.2 Å². The van der Waals surface area contributed by atoms with Crippen LogP contribution in [0.1, 0.15) is 16.6 Å². The Kier molecular flexibility index (Phi) is 5.53. The summed E-state index contributed by atoms with van der Waals surface area (Å²) in [6.07, 6.45) is 0. The van der Waals surface area contributed by atoms with Crippen LogP contribution in [-0.4, -0.2) is 51.4 Å². The van der Waals surface area contributed by atoms with Crippen molar-refractivity contribution in [2.75, 3.05) is 38.0 Å². The minimum atomic E-state index is -3.53. The number of anilines is 1. The molecule has 2 aromatic rings. The number of nitrogens with one attached hydrogen (secondary N) is 2. The van der Waals surface area contributed by atoms with Crippen molar-refractivity contribution in [3.05, 3.63) is 46.7 Å². The number of hydrogen-bond acceptors (Lipinski definition) is 4. The standard InChI is InChI=1S/C17H21N3O3S2/c1-2-19-8-10-20(11-9-19)25(22,23)15-12-16(24-13-15)17(21)18-14-6-4-3-5-7-14/h3-7,12-13H,2,8-11H2,1H3,(H,18,21)/p+1. The second kappa shape index (κ2) is 7.65. The summed E-state index contributed by atoms with van der Waals surface area (Å²) in [7, 11) is -3.53. The topological polar surface area (TPSA) is 70.9 Å². The molecular weight excluding hydrogens is 358 g/mol. The van der Waals surface area contributed by atoms with Crippen molar-refractivity contribution in [3.63, 3.8) is 0 Å². The van der Waals surface area contributed by atoms with Gasteiger partial charge in [0.05, 0.1) is 42.5 Å². The van der Waals surface area contributed by atoms with E-state index in [0.717, 1.165) is 31.0 Å². The lowest BCUT2D eigenvalue weighted by Crippen LogP contribution is -3.14. The second-order valence-corrected chi connectivity index (χ2v) is 8.82. The first kappa shape index (κ1) is 18.1. The first-order valence-corrected chi connectivity index (χ1v) is 10.6. The highest BCUT2D eigenvalue weighted by Crippen LogP contribution is 2.23. The Bertz CT molecular complexity index is 826. The molecule has 25 heavy (non-hydrogen) atoms. The molecule has 0 atom stereocenters. The van der Waals surface area contributed by atoms with E-state index in [0.29, 0.717) is 23.7 Å². The highest BCUT2D eigenvalue weighted by molar-refractivity contribution is 7.89. The lowest BCUT2D eigenvalue weighted by atomic mass is 10.3. The number of carbonyl (C=O) groups is 1. The molecule has 1 aliphatic rings. The largest absolute Gasteiger partial charge is 0.333 e. The molecule has 1 amide bonds. The van der Waals surface area contributed by atoms with Gasteiger partial charge < -0.3 is 10.2 Å². The molecule has 1 aromatic heterocycles. The normalized spacial score (nSPS) is 16.7. The Morgan fingerprint density at radius 1 is 1.24 bits per heavy atom. The van der Waals surface area contributed by atoms with Gasteiger partial charge in [0.2, 0.25) is 10.0 Å². The lowest BCUT2D eigenvalue weighted by Gasteiger charge is -2.30. The van der Waals surface area contributed by atoms with Crippen LogP contribution >= 0.6 is 11.3 Å². The number of rotatable bonds is 5. The molecule has 0 saturated carbocycles. The van der Waals surface area contributed by atoms with Crippen molar-refractivity contribution < 1.29 is 18.1 Å². The van der Waals surface area contributed by atoms with Crippen LogP contribution in [0.2, 0.25) is 0 Å². The molecule has 0 bridgehead atoms. The Morgan fingerprint density at radius 2 is 1.92 bits per heavy atom. The summed E-state index contributed by atoms with van der Waals surface area (Å²) < 4.78 is 27.1. The van der Waals surface area contributed by atoms with Gasteiger partial charge in [0.1, 0.15) is 0 Å². The molecule has 2 heterocycles. The van der Waals surface area contributed by atoms with Gasteiger partial charge in [0, 0.05) is 11.1 Å². The minimum Gasteiger partial charge on any atom is -0.333 e. The zero-order valence-electron chi connectivity index (χ0n) is 14.1. The van der Waals surface area contributed by atoms with Crippen LogP contribution in [-0.2, 0) is 10.0 Å². The fourth-order valence-corrected chi connectivity index (χ4v) is 5.43. The molecule has 1 fully saturated rings. The average Bonchev–Trinajstić information content (AvgIpc) is 3.14. The van der Waals surface area contributed by atoms with E-state index in [-0.39, 0.29) is 10.8 Å². The summed E-state index contributed by atoms with van der Waals surface area (Å²) in [6.45, 7) is 5.80. The summed E-state index contributed by atoms with van der Waals surface area (Å²) >= 11 is 1.15. The van der Waals surface area contributed by atoms with Crippen LogP contribution in [0.25, 0.3) is 0 Å². The smallest absolute Gasteiger partial charge is 0.265 e. The second-order valence-electron chi connectivity index (χ2n) is 5.97. The lowest BCUT2D eigenvalue weighted by molar-refractivity contribution is -0.901. The maximum atomic E-state index is 12.8. The first-order chi connectivity index (χ1) is 12.0. The van der Waals surface area contributed by atoms with E-state index in [2.05, 4.69) is 12.2 Å². The number of benzene rings is 1. The van der Waals surface area contributed by atoms with E-state index >= 15 is 0 Å². The van der Waals surface area contributed by atoms with Crippen molar-refractivity contribution in [1.29, 1.82) is 0 Å². The summed E-state index contributed by atoms with van der Waals surface area (Å²) in [5, 5.41) is 4.33. The van der Waals surface area contributed by atoms with E-state index in [1.807, 2.05) is 18.2 Å².